The molecule has 0 radical (unpaired) electrons. The normalized spacial score (nSPS) is 12.1. The van der Waals surface area contributed by atoms with Crippen LogP contribution in [0.25, 0.3) is 0 Å². The summed E-state index contributed by atoms with van der Waals surface area (Å²) in [5.74, 6) is -0.0247. The molecule has 0 bridgehead atoms. The summed E-state index contributed by atoms with van der Waals surface area (Å²) in [6, 6.07) is 9.84. The number of hydrogen-bond donors (Lipinski definition) is 2. The van der Waals surface area contributed by atoms with E-state index >= 15 is 0 Å². The SMILES string of the molecule is CC(N)CC(=O)NCCOCc1ccccc1. The van der Waals surface area contributed by atoms with Crippen LogP contribution < -0.4 is 11.1 Å². The minimum atomic E-state index is -0.0970. The molecule has 0 aromatic heterocycles. The third-order valence-electron chi connectivity index (χ3n) is 2.19. The van der Waals surface area contributed by atoms with Crippen molar-refractivity contribution in [3.63, 3.8) is 0 Å². The molecular formula is C13H20N2O2. The fraction of sp³-hybridized carbons (Fsp3) is 0.462. The van der Waals surface area contributed by atoms with Crippen molar-refractivity contribution in [2.24, 2.45) is 5.73 Å². The molecule has 1 aromatic carbocycles. The number of carbonyl (C=O) groups is 1. The Bertz CT molecular complexity index is 325. The number of carbonyl (C=O) groups excluding carboxylic acids is 1. The van der Waals surface area contributed by atoms with Crippen molar-refractivity contribution in [2.75, 3.05) is 13.2 Å². The molecule has 1 rings (SSSR count). The average Bonchev–Trinajstić information content (AvgIpc) is 2.29. The lowest BCUT2D eigenvalue weighted by Crippen LogP contribution is -2.32. The molecule has 4 nitrogen and oxygen atoms in total. The van der Waals surface area contributed by atoms with E-state index in [1.807, 2.05) is 37.3 Å². The van der Waals surface area contributed by atoms with Crippen molar-refractivity contribution in [1.29, 1.82) is 0 Å². The van der Waals surface area contributed by atoms with Gasteiger partial charge in [0.15, 0.2) is 0 Å². The van der Waals surface area contributed by atoms with Gasteiger partial charge in [-0.1, -0.05) is 30.3 Å². The molecule has 0 saturated carbocycles. The zero-order chi connectivity index (χ0) is 12.5. The molecule has 1 amide bonds. The van der Waals surface area contributed by atoms with Gasteiger partial charge in [-0.15, -0.1) is 0 Å². The highest BCUT2D eigenvalue weighted by Gasteiger charge is 2.03. The molecule has 0 aliphatic heterocycles. The van der Waals surface area contributed by atoms with Crippen molar-refractivity contribution in [3.8, 4) is 0 Å². The Labute approximate surface area is 102 Å². The van der Waals surface area contributed by atoms with Crippen LogP contribution >= 0.6 is 0 Å². The van der Waals surface area contributed by atoms with Crippen molar-refractivity contribution in [1.82, 2.24) is 5.32 Å². The molecule has 4 heteroatoms. The van der Waals surface area contributed by atoms with Crippen molar-refractivity contribution < 1.29 is 9.53 Å². The van der Waals surface area contributed by atoms with Gasteiger partial charge in [0.2, 0.25) is 5.91 Å². The zero-order valence-corrected chi connectivity index (χ0v) is 10.2. The highest BCUT2D eigenvalue weighted by molar-refractivity contribution is 5.76. The van der Waals surface area contributed by atoms with Crippen LogP contribution in [0.15, 0.2) is 30.3 Å². The Morgan fingerprint density at radius 2 is 2.12 bits per heavy atom. The van der Waals surface area contributed by atoms with Crippen molar-refractivity contribution in [3.05, 3.63) is 35.9 Å². The van der Waals surface area contributed by atoms with Crippen LogP contribution in [0.4, 0.5) is 0 Å². The standard InChI is InChI=1S/C13H20N2O2/c1-11(14)9-13(16)15-7-8-17-10-12-5-3-2-4-6-12/h2-6,11H,7-10,14H2,1H3,(H,15,16). The van der Waals surface area contributed by atoms with Crippen LogP contribution in [-0.4, -0.2) is 25.1 Å². The first-order valence-corrected chi connectivity index (χ1v) is 5.82. The first kappa shape index (κ1) is 13.7. The zero-order valence-electron chi connectivity index (χ0n) is 10.2. The molecule has 0 aliphatic rings. The van der Waals surface area contributed by atoms with Crippen LogP contribution in [0.2, 0.25) is 0 Å². The molecule has 94 valence electrons. The molecule has 1 atom stereocenters. The van der Waals surface area contributed by atoms with Crippen LogP contribution in [0.3, 0.4) is 0 Å². The summed E-state index contributed by atoms with van der Waals surface area (Å²) >= 11 is 0. The van der Waals surface area contributed by atoms with Gasteiger partial charge >= 0.3 is 0 Å². The molecule has 3 N–H and O–H groups in total. The number of nitrogens with two attached hydrogens (primary N) is 1. The summed E-state index contributed by atoms with van der Waals surface area (Å²) in [7, 11) is 0. The first-order valence-electron chi connectivity index (χ1n) is 5.82. The van der Waals surface area contributed by atoms with Gasteiger partial charge in [0.05, 0.1) is 13.2 Å². The van der Waals surface area contributed by atoms with Crippen molar-refractivity contribution in [2.45, 2.75) is 26.0 Å². The topological polar surface area (TPSA) is 64.4 Å². The summed E-state index contributed by atoms with van der Waals surface area (Å²) in [5, 5.41) is 2.76. The molecule has 0 spiro atoms. The highest BCUT2D eigenvalue weighted by atomic mass is 16.5. The van der Waals surface area contributed by atoms with Gasteiger partial charge in [-0.25, -0.2) is 0 Å². The lowest BCUT2D eigenvalue weighted by atomic mass is 10.2. The quantitative estimate of drug-likeness (QED) is 0.696. The van der Waals surface area contributed by atoms with E-state index in [-0.39, 0.29) is 11.9 Å². The number of rotatable bonds is 7. The van der Waals surface area contributed by atoms with E-state index in [2.05, 4.69) is 5.32 Å². The second-order valence-corrected chi connectivity index (χ2v) is 4.07. The van der Waals surface area contributed by atoms with Gasteiger partial charge < -0.3 is 15.8 Å². The van der Waals surface area contributed by atoms with Crippen molar-refractivity contribution >= 4 is 5.91 Å². The van der Waals surface area contributed by atoms with Gasteiger partial charge in [0, 0.05) is 19.0 Å². The van der Waals surface area contributed by atoms with Crippen LogP contribution in [0.1, 0.15) is 18.9 Å². The smallest absolute Gasteiger partial charge is 0.221 e. The maximum Gasteiger partial charge on any atom is 0.221 e. The second kappa shape index (κ2) is 7.81. The van der Waals surface area contributed by atoms with Crippen LogP contribution in [0, 0.1) is 0 Å². The maximum absolute atomic E-state index is 11.2. The predicted molar refractivity (Wildman–Crippen MR) is 67.4 cm³/mol. The molecule has 1 unspecified atom stereocenters. The molecule has 0 aliphatic carbocycles. The average molecular weight is 236 g/mol. The summed E-state index contributed by atoms with van der Waals surface area (Å²) < 4.78 is 5.43. The summed E-state index contributed by atoms with van der Waals surface area (Å²) in [5.41, 5.74) is 6.64. The Morgan fingerprint density at radius 3 is 2.76 bits per heavy atom. The van der Waals surface area contributed by atoms with Crippen LogP contribution in [0.5, 0.6) is 0 Å². The Kier molecular flexibility index (Phi) is 6.29. The molecule has 0 heterocycles. The Morgan fingerprint density at radius 1 is 1.41 bits per heavy atom. The van der Waals surface area contributed by atoms with Gasteiger partial charge in [-0.3, -0.25) is 4.79 Å². The summed E-state index contributed by atoms with van der Waals surface area (Å²) in [4.78, 5) is 11.2. The van der Waals surface area contributed by atoms with Gasteiger partial charge in [0.25, 0.3) is 0 Å². The van der Waals surface area contributed by atoms with E-state index in [4.69, 9.17) is 10.5 Å². The number of nitrogens with one attached hydrogen (secondary N) is 1. The Hall–Kier alpha value is -1.39. The van der Waals surface area contributed by atoms with E-state index in [9.17, 15) is 4.79 Å². The summed E-state index contributed by atoms with van der Waals surface area (Å²) in [6.45, 7) is 3.42. The first-order chi connectivity index (χ1) is 8.18. The Balaban J connectivity index is 2.03. The lowest BCUT2D eigenvalue weighted by molar-refractivity contribution is -0.121. The molecular weight excluding hydrogens is 216 g/mol. The third kappa shape index (κ3) is 6.71. The number of amides is 1. The number of hydrogen-bond acceptors (Lipinski definition) is 3. The predicted octanol–water partition coefficient (Wildman–Crippen LogP) is 1.06. The molecule has 17 heavy (non-hydrogen) atoms. The molecule has 1 aromatic rings. The molecule has 0 fully saturated rings. The lowest BCUT2D eigenvalue weighted by Gasteiger charge is -2.08. The van der Waals surface area contributed by atoms with Gasteiger partial charge in [-0.05, 0) is 12.5 Å². The fourth-order valence-electron chi connectivity index (χ4n) is 1.39. The van der Waals surface area contributed by atoms with E-state index in [0.29, 0.717) is 26.2 Å². The maximum atomic E-state index is 11.2. The minimum Gasteiger partial charge on any atom is -0.375 e. The van der Waals surface area contributed by atoms with Gasteiger partial charge in [-0.2, -0.15) is 0 Å². The van der Waals surface area contributed by atoms with E-state index in [1.54, 1.807) is 0 Å². The largest absolute Gasteiger partial charge is 0.375 e. The minimum absolute atomic E-state index is 0.0247. The van der Waals surface area contributed by atoms with Crippen LogP contribution in [-0.2, 0) is 16.1 Å². The van der Waals surface area contributed by atoms with Gasteiger partial charge in [0.1, 0.15) is 0 Å². The number of benzene rings is 1. The van der Waals surface area contributed by atoms with E-state index in [1.165, 1.54) is 0 Å². The molecule has 0 saturated heterocycles. The highest BCUT2D eigenvalue weighted by Crippen LogP contribution is 1.99. The third-order valence-corrected chi connectivity index (χ3v) is 2.19. The number of ether oxygens (including phenoxy) is 1. The summed E-state index contributed by atoms with van der Waals surface area (Å²) in [6.07, 6.45) is 0.360. The fourth-order valence-corrected chi connectivity index (χ4v) is 1.39. The second-order valence-electron chi connectivity index (χ2n) is 4.07. The monoisotopic (exact) mass is 236 g/mol. The van der Waals surface area contributed by atoms with E-state index < -0.39 is 0 Å². The van der Waals surface area contributed by atoms with E-state index in [0.717, 1.165) is 5.56 Å².